The molecule has 2 aromatic rings. The number of esters is 1. The van der Waals surface area contributed by atoms with E-state index in [4.69, 9.17) is 9.57 Å². The second-order valence-corrected chi connectivity index (χ2v) is 6.00. The molecule has 1 fully saturated rings. The lowest BCUT2D eigenvalue weighted by molar-refractivity contribution is -0.150. The van der Waals surface area contributed by atoms with Gasteiger partial charge in [-0.2, -0.15) is 0 Å². The lowest BCUT2D eigenvalue weighted by Crippen LogP contribution is -2.39. The van der Waals surface area contributed by atoms with Gasteiger partial charge < -0.3 is 10.1 Å². The first kappa shape index (κ1) is 17.7. The van der Waals surface area contributed by atoms with Crippen molar-refractivity contribution in [3.8, 4) is 0 Å². The molecule has 6 heteroatoms. The first-order chi connectivity index (χ1) is 12.5. The SMILES string of the molecule is C=C1C(C(=O)OC)ON(c2ccc(C)cc2)C1C(=O)Nc1ccccc1. The zero-order chi connectivity index (χ0) is 18.7. The molecule has 0 spiro atoms. The average Bonchev–Trinajstić information content (AvgIpc) is 3.00. The van der Waals surface area contributed by atoms with Crippen LogP contribution in [0, 0.1) is 6.92 Å². The van der Waals surface area contributed by atoms with Crippen LogP contribution < -0.4 is 10.4 Å². The van der Waals surface area contributed by atoms with Crippen molar-refractivity contribution in [2.45, 2.75) is 19.1 Å². The number of benzene rings is 2. The fourth-order valence-corrected chi connectivity index (χ4v) is 2.75. The Hall–Kier alpha value is -3.12. The van der Waals surface area contributed by atoms with Gasteiger partial charge in [-0.05, 0) is 36.8 Å². The molecule has 1 aliphatic heterocycles. The minimum atomic E-state index is -1.03. The van der Waals surface area contributed by atoms with Crippen LogP contribution in [0.1, 0.15) is 5.56 Å². The molecular formula is C20H20N2O4. The van der Waals surface area contributed by atoms with E-state index >= 15 is 0 Å². The number of methoxy groups -OCH3 is 1. The summed E-state index contributed by atoms with van der Waals surface area (Å²) in [6, 6.07) is 15.7. The van der Waals surface area contributed by atoms with Gasteiger partial charge in [-0.1, -0.05) is 42.5 Å². The molecule has 6 nitrogen and oxygen atoms in total. The molecular weight excluding hydrogens is 332 g/mol. The number of hydrogen-bond acceptors (Lipinski definition) is 5. The summed E-state index contributed by atoms with van der Waals surface area (Å²) in [4.78, 5) is 30.6. The second kappa shape index (κ2) is 7.41. The lowest BCUT2D eigenvalue weighted by Gasteiger charge is -2.24. The number of ether oxygens (including phenoxy) is 1. The van der Waals surface area contributed by atoms with Crippen LogP contribution in [0.2, 0.25) is 0 Å². The van der Waals surface area contributed by atoms with Gasteiger partial charge in [0.15, 0.2) is 6.04 Å². The molecule has 1 amide bonds. The van der Waals surface area contributed by atoms with Crippen molar-refractivity contribution in [1.82, 2.24) is 0 Å². The summed E-state index contributed by atoms with van der Waals surface area (Å²) < 4.78 is 4.77. The predicted molar refractivity (Wildman–Crippen MR) is 98.5 cm³/mol. The van der Waals surface area contributed by atoms with Crippen molar-refractivity contribution in [3.63, 3.8) is 0 Å². The third-order valence-electron chi connectivity index (χ3n) is 4.13. The van der Waals surface area contributed by atoms with Crippen LogP contribution in [0.25, 0.3) is 0 Å². The fourth-order valence-electron chi connectivity index (χ4n) is 2.75. The Balaban J connectivity index is 1.91. The quantitative estimate of drug-likeness (QED) is 0.677. The van der Waals surface area contributed by atoms with Crippen molar-refractivity contribution in [1.29, 1.82) is 0 Å². The summed E-state index contributed by atoms with van der Waals surface area (Å²) in [5.41, 5.74) is 2.69. The molecule has 0 radical (unpaired) electrons. The highest BCUT2D eigenvalue weighted by Gasteiger charge is 2.46. The molecule has 26 heavy (non-hydrogen) atoms. The highest BCUT2D eigenvalue weighted by molar-refractivity contribution is 6.01. The zero-order valence-corrected chi connectivity index (χ0v) is 14.6. The number of carbonyl (C=O) groups is 2. The van der Waals surface area contributed by atoms with Crippen LogP contribution in [0.15, 0.2) is 66.7 Å². The van der Waals surface area contributed by atoms with Crippen LogP contribution in [-0.4, -0.2) is 31.1 Å². The summed E-state index contributed by atoms with van der Waals surface area (Å²) in [6.07, 6.45) is -1.03. The van der Waals surface area contributed by atoms with Crippen molar-refractivity contribution in [2.24, 2.45) is 0 Å². The van der Waals surface area contributed by atoms with E-state index in [9.17, 15) is 9.59 Å². The van der Waals surface area contributed by atoms with Gasteiger partial charge in [-0.25, -0.2) is 9.86 Å². The van der Waals surface area contributed by atoms with Gasteiger partial charge in [0.2, 0.25) is 6.10 Å². The number of anilines is 2. The molecule has 1 heterocycles. The number of hydrogen-bond donors (Lipinski definition) is 1. The molecule has 1 aliphatic rings. The molecule has 1 N–H and O–H groups in total. The largest absolute Gasteiger partial charge is 0.467 e. The number of nitrogens with one attached hydrogen (secondary N) is 1. The topological polar surface area (TPSA) is 67.9 Å². The second-order valence-electron chi connectivity index (χ2n) is 6.00. The van der Waals surface area contributed by atoms with Gasteiger partial charge in [0, 0.05) is 5.69 Å². The summed E-state index contributed by atoms with van der Waals surface area (Å²) in [7, 11) is 1.27. The van der Waals surface area contributed by atoms with E-state index < -0.39 is 18.1 Å². The van der Waals surface area contributed by atoms with E-state index in [1.165, 1.54) is 12.2 Å². The molecule has 0 saturated carbocycles. The van der Waals surface area contributed by atoms with Crippen molar-refractivity contribution in [3.05, 3.63) is 72.3 Å². The van der Waals surface area contributed by atoms with Gasteiger partial charge in [0.1, 0.15) is 0 Å². The van der Waals surface area contributed by atoms with Gasteiger partial charge in [0.25, 0.3) is 5.91 Å². The van der Waals surface area contributed by atoms with E-state index in [0.717, 1.165) is 5.56 Å². The monoisotopic (exact) mass is 352 g/mol. The Morgan fingerprint density at radius 1 is 1.12 bits per heavy atom. The number of amides is 1. The van der Waals surface area contributed by atoms with Crippen LogP contribution >= 0.6 is 0 Å². The maximum absolute atomic E-state index is 12.9. The van der Waals surface area contributed by atoms with Crippen LogP contribution in [0.4, 0.5) is 11.4 Å². The molecule has 2 atom stereocenters. The number of nitrogens with zero attached hydrogens (tertiary/aromatic N) is 1. The smallest absolute Gasteiger partial charge is 0.342 e. The Bertz CT molecular complexity index is 817. The Labute approximate surface area is 152 Å². The Morgan fingerprint density at radius 2 is 1.77 bits per heavy atom. The summed E-state index contributed by atoms with van der Waals surface area (Å²) in [5, 5.41) is 4.23. The molecule has 0 aromatic heterocycles. The maximum atomic E-state index is 12.9. The summed E-state index contributed by atoms with van der Waals surface area (Å²) in [6.45, 7) is 5.88. The van der Waals surface area contributed by atoms with Crippen LogP contribution in [0.5, 0.6) is 0 Å². The molecule has 2 unspecified atom stereocenters. The predicted octanol–water partition coefficient (Wildman–Crippen LogP) is 2.85. The zero-order valence-electron chi connectivity index (χ0n) is 14.6. The molecule has 0 aliphatic carbocycles. The third kappa shape index (κ3) is 3.45. The maximum Gasteiger partial charge on any atom is 0.342 e. The van der Waals surface area contributed by atoms with Gasteiger partial charge in [-0.3, -0.25) is 9.63 Å². The van der Waals surface area contributed by atoms with Crippen LogP contribution in [0.3, 0.4) is 0 Å². The van der Waals surface area contributed by atoms with E-state index in [1.54, 1.807) is 12.1 Å². The number of hydroxylamine groups is 1. The average molecular weight is 352 g/mol. The van der Waals surface area contributed by atoms with Crippen LogP contribution in [-0.2, 0) is 19.2 Å². The fraction of sp³-hybridized carbons (Fsp3) is 0.200. The molecule has 3 rings (SSSR count). The van der Waals surface area contributed by atoms with E-state index in [0.29, 0.717) is 16.9 Å². The van der Waals surface area contributed by atoms with Crippen molar-refractivity contribution < 1.29 is 19.2 Å². The standard InChI is InChI=1S/C20H20N2O4/c1-13-9-11-16(12-10-13)22-17(14(2)18(26-22)20(24)25-3)19(23)21-15-7-5-4-6-8-15/h4-12,17-18H,2H2,1,3H3,(H,21,23). The number of aryl methyl sites for hydroxylation is 1. The van der Waals surface area contributed by atoms with E-state index in [2.05, 4.69) is 11.9 Å². The van der Waals surface area contributed by atoms with E-state index in [-0.39, 0.29) is 5.91 Å². The highest BCUT2D eigenvalue weighted by atomic mass is 16.7. The van der Waals surface area contributed by atoms with Gasteiger partial charge >= 0.3 is 5.97 Å². The minimum Gasteiger partial charge on any atom is -0.467 e. The Morgan fingerprint density at radius 3 is 2.38 bits per heavy atom. The van der Waals surface area contributed by atoms with Gasteiger partial charge in [0.05, 0.1) is 12.8 Å². The minimum absolute atomic E-state index is 0.325. The molecule has 2 aromatic carbocycles. The first-order valence-corrected chi connectivity index (χ1v) is 8.16. The Kier molecular flexibility index (Phi) is 5.04. The summed E-state index contributed by atoms with van der Waals surface area (Å²) in [5.74, 6) is -0.935. The lowest BCUT2D eigenvalue weighted by atomic mass is 10.0. The third-order valence-corrected chi connectivity index (χ3v) is 4.13. The van der Waals surface area contributed by atoms with Crippen molar-refractivity contribution >= 4 is 23.3 Å². The first-order valence-electron chi connectivity index (χ1n) is 8.16. The molecule has 1 saturated heterocycles. The molecule has 134 valence electrons. The van der Waals surface area contributed by atoms with Crippen molar-refractivity contribution in [2.75, 3.05) is 17.5 Å². The number of carbonyl (C=O) groups excluding carboxylic acids is 2. The van der Waals surface area contributed by atoms with Gasteiger partial charge in [-0.15, -0.1) is 0 Å². The highest BCUT2D eigenvalue weighted by Crippen LogP contribution is 2.32. The van der Waals surface area contributed by atoms with E-state index in [1.807, 2.05) is 49.4 Å². The normalized spacial score (nSPS) is 19.3. The number of para-hydroxylation sites is 1. The summed E-state index contributed by atoms with van der Waals surface area (Å²) >= 11 is 0. The molecule has 0 bridgehead atoms. The number of rotatable bonds is 4.